The minimum absolute atomic E-state index is 0.0426. The molecule has 0 radical (unpaired) electrons. The summed E-state index contributed by atoms with van der Waals surface area (Å²) in [5.41, 5.74) is 3.40. The number of pyridine rings is 1. The lowest BCUT2D eigenvalue weighted by atomic mass is 10.1. The lowest BCUT2D eigenvalue weighted by Gasteiger charge is -2.06. The van der Waals surface area contributed by atoms with Gasteiger partial charge in [-0.3, -0.25) is 9.78 Å². The molecule has 1 aromatic carbocycles. The lowest BCUT2D eigenvalue weighted by molar-refractivity contribution is -0.120. The van der Waals surface area contributed by atoms with E-state index in [0.717, 1.165) is 17.5 Å². The second-order valence-corrected chi connectivity index (χ2v) is 4.48. The number of amides is 1. The third-order valence-corrected chi connectivity index (χ3v) is 3.03. The summed E-state index contributed by atoms with van der Waals surface area (Å²) < 4.78 is 0. The van der Waals surface area contributed by atoms with Gasteiger partial charge >= 0.3 is 0 Å². The Labute approximate surface area is 113 Å². The highest BCUT2D eigenvalue weighted by Gasteiger charge is 2.03. The van der Waals surface area contributed by atoms with Gasteiger partial charge in [0.25, 0.3) is 0 Å². The summed E-state index contributed by atoms with van der Waals surface area (Å²) in [4.78, 5) is 15.8. The van der Waals surface area contributed by atoms with Crippen molar-refractivity contribution in [1.29, 1.82) is 0 Å². The van der Waals surface area contributed by atoms with Crippen LogP contribution in [0.5, 0.6) is 0 Å². The summed E-state index contributed by atoms with van der Waals surface area (Å²) in [7, 11) is 0. The van der Waals surface area contributed by atoms with Crippen LogP contribution in [0.3, 0.4) is 0 Å². The number of carbonyl (C=O) groups excluding carboxylic acids is 1. The third-order valence-electron chi connectivity index (χ3n) is 3.03. The van der Waals surface area contributed by atoms with Crippen LogP contribution in [0.2, 0.25) is 0 Å². The van der Waals surface area contributed by atoms with E-state index in [9.17, 15) is 4.79 Å². The molecular formula is C16H18N2O. The molecule has 0 bridgehead atoms. The van der Waals surface area contributed by atoms with E-state index in [2.05, 4.69) is 29.4 Å². The molecule has 0 saturated carbocycles. The van der Waals surface area contributed by atoms with Gasteiger partial charge in [-0.1, -0.05) is 31.2 Å². The molecule has 3 nitrogen and oxygen atoms in total. The van der Waals surface area contributed by atoms with Crippen molar-refractivity contribution in [2.45, 2.75) is 26.3 Å². The van der Waals surface area contributed by atoms with Gasteiger partial charge in [0.15, 0.2) is 0 Å². The van der Waals surface area contributed by atoms with Gasteiger partial charge in [-0.2, -0.15) is 0 Å². The molecule has 0 aliphatic rings. The van der Waals surface area contributed by atoms with Crippen molar-refractivity contribution in [3.63, 3.8) is 0 Å². The van der Waals surface area contributed by atoms with Gasteiger partial charge in [0.05, 0.1) is 6.42 Å². The van der Waals surface area contributed by atoms with Crippen LogP contribution in [0.15, 0.2) is 48.8 Å². The molecule has 2 aromatic rings. The van der Waals surface area contributed by atoms with E-state index in [1.165, 1.54) is 5.56 Å². The number of aryl methyl sites for hydroxylation is 1. The van der Waals surface area contributed by atoms with Crippen molar-refractivity contribution in [3.8, 4) is 0 Å². The van der Waals surface area contributed by atoms with Crippen molar-refractivity contribution in [3.05, 3.63) is 65.5 Å². The zero-order valence-corrected chi connectivity index (χ0v) is 11.1. The maximum absolute atomic E-state index is 11.8. The van der Waals surface area contributed by atoms with Crippen LogP contribution < -0.4 is 5.32 Å². The van der Waals surface area contributed by atoms with Gasteiger partial charge in [0.2, 0.25) is 5.91 Å². The van der Waals surface area contributed by atoms with Crippen LogP contribution in [0.1, 0.15) is 23.6 Å². The molecule has 1 amide bonds. The van der Waals surface area contributed by atoms with Gasteiger partial charge in [0, 0.05) is 18.9 Å². The summed E-state index contributed by atoms with van der Waals surface area (Å²) in [5, 5.41) is 2.91. The first-order valence-electron chi connectivity index (χ1n) is 6.51. The minimum atomic E-state index is 0.0426. The molecule has 98 valence electrons. The van der Waals surface area contributed by atoms with Gasteiger partial charge in [-0.15, -0.1) is 0 Å². The van der Waals surface area contributed by atoms with E-state index < -0.39 is 0 Å². The van der Waals surface area contributed by atoms with Gasteiger partial charge in [0.1, 0.15) is 0 Å². The summed E-state index contributed by atoms with van der Waals surface area (Å²) in [6.07, 6.45) is 4.90. The van der Waals surface area contributed by atoms with Gasteiger partial charge < -0.3 is 5.32 Å². The van der Waals surface area contributed by atoms with Crippen LogP contribution in [0, 0.1) is 0 Å². The normalized spacial score (nSPS) is 10.2. The summed E-state index contributed by atoms with van der Waals surface area (Å²) >= 11 is 0. The summed E-state index contributed by atoms with van der Waals surface area (Å²) in [6, 6.07) is 12.0. The average molecular weight is 254 g/mol. The number of hydrogen-bond acceptors (Lipinski definition) is 2. The van der Waals surface area contributed by atoms with Crippen LogP contribution in [0.25, 0.3) is 0 Å². The molecule has 0 atom stereocenters. The number of aromatic nitrogens is 1. The molecule has 1 N–H and O–H groups in total. The number of hydrogen-bond donors (Lipinski definition) is 1. The van der Waals surface area contributed by atoms with Gasteiger partial charge in [-0.25, -0.2) is 0 Å². The first-order valence-corrected chi connectivity index (χ1v) is 6.51. The van der Waals surface area contributed by atoms with Gasteiger partial charge in [-0.05, 0) is 35.2 Å². The van der Waals surface area contributed by atoms with E-state index in [-0.39, 0.29) is 5.91 Å². The van der Waals surface area contributed by atoms with Crippen LogP contribution in [-0.2, 0) is 24.2 Å². The molecule has 0 unspecified atom stereocenters. The lowest BCUT2D eigenvalue weighted by Crippen LogP contribution is -2.24. The highest BCUT2D eigenvalue weighted by Crippen LogP contribution is 2.06. The fourth-order valence-electron chi connectivity index (χ4n) is 1.84. The monoisotopic (exact) mass is 254 g/mol. The fraction of sp³-hybridized carbons (Fsp3) is 0.250. The highest BCUT2D eigenvalue weighted by molar-refractivity contribution is 5.78. The minimum Gasteiger partial charge on any atom is -0.352 e. The van der Waals surface area contributed by atoms with Crippen molar-refractivity contribution < 1.29 is 4.79 Å². The smallest absolute Gasteiger partial charge is 0.224 e. The quantitative estimate of drug-likeness (QED) is 0.890. The number of benzene rings is 1. The van der Waals surface area contributed by atoms with Crippen molar-refractivity contribution in [2.24, 2.45) is 0 Å². The molecule has 0 aliphatic heterocycles. The Morgan fingerprint density at radius 2 is 1.63 bits per heavy atom. The molecule has 1 aromatic heterocycles. The predicted octanol–water partition coefficient (Wildman–Crippen LogP) is 2.50. The zero-order chi connectivity index (χ0) is 13.5. The fourth-order valence-corrected chi connectivity index (χ4v) is 1.84. The predicted molar refractivity (Wildman–Crippen MR) is 75.6 cm³/mol. The Morgan fingerprint density at radius 3 is 2.26 bits per heavy atom. The molecule has 19 heavy (non-hydrogen) atoms. The molecule has 2 rings (SSSR count). The van der Waals surface area contributed by atoms with E-state index >= 15 is 0 Å². The topological polar surface area (TPSA) is 42.0 Å². The Hall–Kier alpha value is -2.16. The van der Waals surface area contributed by atoms with Crippen LogP contribution in [0.4, 0.5) is 0 Å². The molecule has 0 fully saturated rings. The second-order valence-electron chi connectivity index (χ2n) is 4.48. The van der Waals surface area contributed by atoms with E-state index in [1.54, 1.807) is 12.4 Å². The molecule has 0 aliphatic carbocycles. The SMILES string of the molecule is CCc1ccc(CC(=O)NCc2ccncc2)cc1. The van der Waals surface area contributed by atoms with Crippen molar-refractivity contribution in [1.82, 2.24) is 10.3 Å². The van der Waals surface area contributed by atoms with Crippen molar-refractivity contribution >= 4 is 5.91 Å². The molecule has 3 heteroatoms. The number of rotatable bonds is 5. The number of nitrogens with one attached hydrogen (secondary N) is 1. The molecular weight excluding hydrogens is 236 g/mol. The average Bonchev–Trinajstić information content (AvgIpc) is 2.47. The Bertz CT molecular complexity index is 520. The highest BCUT2D eigenvalue weighted by atomic mass is 16.1. The second kappa shape index (κ2) is 6.69. The third kappa shape index (κ3) is 4.21. The maximum Gasteiger partial charge on any atom is 0.224 e. The summed E-state index contributed by atoms with van der Waals surface area (Å²) in [5.74, 6) is 0.0426. The molecule has 0 saturated heterocycles. The molecule has 0 spiro atoms. The van der Waals surface area contributed by atoms with E-state index in [4.69, 9.17) is 0 Å². The Balaban J connectivity index is 1.83. The zero-order valence-electron chi connectivity index (χ0n) is 11.1. The number of carbonyl (C=O) groups is 1. The van der Waals surface area contributed by atoms with Crippen LogP contribution in [-0.4, -0.2) is 10.9 Å². The van der Waals surface area contributed by atoms with Crippen molar-refractivity contribution in [2.75, 3.05) is 0 Å². The standard InChI is InChI=1S/C16H18N2O/c1-2-13-3-5-14(6-4-13)11-16(19)18-12-15-7-9-17-10-8-15/h3-10H,2,11-12H2,1H3,(H,18,19). The van der Waals surface area contributed by atoms with E-state index in [1.807, 2.05) is 24.3 Å². The first kappa shape index (κ1) is 13.3. The van der Waals surface area contributed by atoms with E-state index in [0.29, 0.717) is 13.0 Å². The Kier molecular flexibility index (Phi) is 4.67. The summed E-state index contributed by atoms with van der Waals surface area (Å²) in [6.45, 7) is 2.67. The number of nitrogens with zero attached hydrogens (tertiary/aromatic N) is 1. The maximum atomic E-state index is 11.8. The van der Waals surface area contributed by atoms with Crippen LogP contribution >= 0.6 is 0 Å². The molecule has 1 heterocycles. The largest absolute Gasteiger partial charge is 0.352 e. The first-order chi connectivity index (χ1) is 9.28. The Morgan fingerprint density at radius 1 is 1.00 bits per heavy atom.